The van der Waals surface area contributed by atoms with Crippen LogP contribution < -0.4 is 0 Å². The maximum absolute atomic E-state index is 5.74. The van der Waals surface area contributed by atoms with Crippen LogP contribution in [0.2, 0.25) is 39.3 Å². The van der Waals surface area contributed by atoms with Gasteiger partial charge in [-0.2, -0.15) is 0 Å². The molecule has 0 spiro atoms. The maximum Gasteiger partial charge on any atom is 0.433 e. The lowest BCUT2D eigenvalue weighted by molar-refractivity contribution is 0.151. The van der Waals surface area contributed by atoms with Crippen molar-refractivity contribution in [1.82, 2.24) is 4.23 Å². The Kier molecular flexibility index (Phi) is 8.32. The zero-order chi connectivity index (χ0) is 15.3. The largest absolute Gasteiger partial charge is 0.433 e. The van der Waals surface area contributed by atoms with Gasteiger partial charge in [0.25, 0.3) is 0 Å². The average molecular weight is 320 g/mol. The van der Waals surface area contributed by atoms with Gasteiger partial charge in [0.05, 0.1) is 0 Å². The van der Waals surface area contributed by atoms with E-state index < -0.39 is 16.5 Å². The van der Waals surface area contributed by atoms with Crippen molar-refractivity contribution in [2.24, 2.45) is 0 Å². The van der Waals surface area contributed by atoms with Crippen molar-refractivity contribution < 1.29 is 8.85 Å². The summed E-state index contributed by atoms with van der Waals surface area (Å²) in [4.78, 5) is 0. The highest BCUT2D eigenvalue weighted by Crippen LogP contribution is 2.25. The molecule has 0 N–H and O–H groups in total. The molecule has 0 bridgehead atoms. The third-order valence-corrected chi connectivity index (χ3v) is 11.7. The molecule has 3 nitrogen and oxygen atoms in total. The third-order valence-electron chi connectivity index (χ3n) is 3.01. The molecule has 0 aliphatic rings. The first-order chi connectivity index (χ1) is 8.50. The third kappa shape index (κ3) is 7.77. The van der Waals surface area contributed by atoms with Gasteiger partial charge in [-0.1, -0.05) is 46.2 Å². The lowest BCUT2D eigenvalue weighted by Gasteiger charge is -2.48. The highest BCUT2D eigenvalue weighted by Gasteiger charge is 2.37. The minimum atomic E-state index is -1.28. The molecule has 0 fully saturated rings. The van der Waals surface area contributed by atoms with Crippen LogP contribution >= 0.6 is 0 Å². The molecular formula is C13H33NO2Si3. The molecule has 0 amide bonds. The van der Waals surface area contributed by atoms with Crippen molar-refractivity contribution in [3.05, 3.63) is 0 Å². The molecule has 0 aromatic rings. The molecule has 0 heterocycles. The molecule has 2 radical (unpaired) electrons. The molecule has 0 aromatic carbocycles. The fourth-order valence-corrected chi connectivity index (χ4v) is 14.5. The Morgan fingerprint density at radius 1 is 1.00 bits per heavy atom. The lowest BCUT2D eigenvalue weighted by Crippen LogP contribution is -2.63. The fourth-order valence-electron chi connectivity index (χ4n) is 3.14. The second-order valence-corrected chi connectivity index (χ2v) is 18.0. The van der Waals surface area contributed by atoms with E-state index in [1.165, 1.54) is 0 Å². The quantitative estimate of drug-likeness (QED) is 0.477. The Bertz CT molecular complexity index is 237. The summed E-state index contributed by atoms with van der Waals surface area (Å²) in [5.41, 5.74) is 0. The van der Waals surface area contributed by atoms with Crippen LogP contribution in [0.25, 0.3) is 0 Å². The predicted octanol–water partition coefficient (Wildman–Crippen LogP) is 3.71. The van der Waals surface area contributed by atoms with Crippen LogP contribution in [0.4, 0.5) is 0 Å². The first kappa shape index (κ1) is 19.5. The second kappa shape index (κ2) is 8.09. The first-order valence-electron chi connectivity index (χ1n) is 7.32. The fraction of sp³-hybridized carbons (Fsp3) is 1.00. The van der Waals surface area contributed by atoms with Gasteiger partial charge in [0.15, 0.2) is 0 Å². The van der Waals surface area contributed by atoms with Gasteiger partial charge < -0.3 is 13.1 Å². The Balaban J connectivity index is 4.53. The molecule has 0 aromatic heterocycles. The Hall–Kier alpha value is 0.531. The topological polar surface area (TPSA) is 21.7 Å². The lowest BCUT2D eigenvalue weighted by atomic mass is 10.2. The van der Waals surface area contributed by atoms with Crippen molar-refractivity contribution >= 4 is 26.5 Å². The highest BCUT2D eigenvalue weighted by atomic mass is 28.4. The first-order valence-corrected chi connectivity index (χ1v) is 15.0. The molecular weight excluding hydrogens is 286 g/mol. The van der Waals surface area contributed by atoms with Gasteiger partial charge in [-0.15, -0.1) is 0 Å². The molecule has 0 saturated carbocycles. The second-order valence-electron chi connectivity index (χ2n) is 7.24. The summed E-state index contributed by atoms with van der Waals surface area (Å²) in [5, 5.41) is 0. The Morgan fingerprint density at radius 2 is 1.47 bits per heavy atom. The van der Waals surface area contributed by atoms with Gasteiger partial charge in [-0.05, 0) is 26.3 Å². The van der Waals surface area contributed by atoms with Crippen molar-refractivity contribution in [3.8, 4) is 0 Å². The smallest absolute Gasteiger partial charge is 0.393 e. The van der Waals surface area contributed by atoms with Crippen molar-refractivity contribution in [1.29, 1.82) is 0 Å². The normalized spacial score (nSPS) is 16.7. The van der Waals surface area contributed by atoms with Crippen LogP contribution in [0, 0.1) is 0 Å². The molecule has 114 valence electrons. The summed E-state index contributed by atoms with van der Waals surface area (Å²) in [7, 11) is -2.38. The Labute approximate surface area is 125 Å². The van der Waals surface area contributed by atoms with Crippen LogP contribution in [0.3, 0.4) is 0 Å². The van der Waals surface area contributed by atoms with E-state index in [4.69, 9.17) is 8.85 Å². The van der Waals surface area contributed by atoms with Gasteiger partial charge in [0, 0.05) is 12.7 Å². The van der Waals surface area contributed by atoms with Crippen molar-refractivity contribution in [2.75, 3.05) is 6.61 Å². The van der Waals surface area contributed by atoms with E-state index in [1.807, 2.05) is 6.92 Å². The molecule has 2 atom stereocenters. The van der Waals surface area contributed by atoms with E-state index in [0.717, 1.165) is 13.0 Å². The van der Waals surface area contributed by atoms with Gasteiger partial charge in [0.1, 0.15) is 16.5 Å². The molecule has 0 aliphatic carbocycles. The molecule has 2 unspecified atom stereocenters. The van der Waals surface area contributed by atoms with Gasteiger partial charge in [-0.25, -0.2) is 0 Å². The van der Waals surface area contributed by atoms with Crippen molar-refractivity contribution in [2.45, 2.75) is 78.6 Å². The summed E-state index contributed by atoms with van der Waals surface area (Å²) in [6, 6.07) is 0.597. The van der Waals surface area contributed by atoms with E-state index >= 15 is 0 Å². The number of rotatable bonds is 9. The number of hydrogen-bond acceptors (Lipinski definition) is 3. The predicted molar refractivity (Wildman–Crippen MR) is 90.5 cm³/mol. The summed E-state index contributed by atoms with van der Waals surface area (Å²) in [5.74, 6) is 0. The summed E-state index contributed by atoms with van der Waals surface area (Å²) < 4.78 is 13.9. The minimum absolute atomic E-state index is 0.183. The zero-order valence-corrected chi connectivity index (χ0v) is 17.3. The van der Waals surface area contributed by atoms with E-state index in [1.54, 1.807) is 0 Å². The number of nitrogens with zero attached hydrogens (tertiary/aromatic N) is 1. The summed E-state index contributed by atoms with van der Waals surface area (Å²) in [6.45, 7) is 22.0. The van der Waals surface area contributed by atoms with Crippen LogP contribution in [-0.2, 0) is 8.85 Å². The molecule has 6 heteroatoms. The van der Waals surface area contributed by atoms with E-state index in [2.05, 4.69) is 57.4 Å². The van der Waals surface area contributed by atoms with E-state index in [0.29, 0.717) is 6.04 Å². The van der Waals surface area contributed by atoms with Crippen LogP contribution in [0.1, 0.15) is 27.2 Å². The molecule has 0 rings (SSSR count). The highest BCUT2D eigenvalue weighted by molar-refractivity contribution is 6.89. The van der Waals surface area contributed by atoms with Gasteiger partial charge >= 0.3 is 10.0 Å². The zero-order valence-electron chi connectivity index (χ0n) is 14.3. The van der Waals surface area contributed by atoms with Crippen molar-refractivity contribution in [3.63, 3.8) is 0 Å². The van der Waals surface area contributed by atoms with E-state index in [9.17, 15) is 0 Å². The Morgan fingerprint density at radius 3 is 1.84 bits per heavy atom. The minimum Gasteiger partial charge on any atom is -0.393 e. The van der Waals surface area contributed by atoms with E-state index in [-0.39, 0.29) is 16.1 Å². The van der Waals surface area contributed by atoms with Gasteiger partial charge in [-0.3, -0.25) is 0 Å². The summed E-state index contributed by atoms with van der Waals surface area (Å²) >= 11 is 0. The van der Waals surface area contributed by atoms with Crippen LogP contribution in [0.15, 0.2) is 0 Å². The summed E-state index contributed by atoms with van der Waals surface area (Å²) in [6.07, 6.45) is 1.37. The average Bonchev–Trinajstić information content (AvgIpc) is 2.12. The van der Waals surface area contributed by atoms with Gasteiger partial charge in [0.2, 0.25) is 0 Å². The number of hydrogen-bond donors (Lipinski definition) is 0. The molecule has 0 aliphatic heterocycles. The SMILES string of the molecule is CCO[Si]OC(C)CC(C)N([Si](C)(C)C)[Si](C)(C)C. The molecule has 0 saturated heterocycles. The standard InChI is InChI=1S/C13H33NO2Si3/c1-10-15-17-16-13(3)11-12(2)14(18(4,5)6)19(7,8)9/h12-13H,10-11H2,1-9H3. The van der Waals surface area contributed by atoms with Crippen LogP contribution in [-0.4, -0.2) is 49.5 Å². The van der Waals surface area contributed by atoms with Crippen LogP contribution in [0.5, 0.6) is 0 Å². The maximum atomic E-state index is 5.74. The monoisotopic (exact) mass is 319 g/mol. The molecule has 19 heavy (non-hydrogen) atoms.